The van der Waals surface area contributed by atoms with Gasteiger partial charge in [0.15, 0.2) is 0 Å². The minimum atomic E-state index is -0.391. The third-order valence-corrected chi connectivity index (χ3v) is 4.99. The van der Waals surface area contributed by atoms with Crippen molar-refractivity contribution in [1.82, 2.24) is 0 Å². The highest BCUT2D eigenvalue weighted by atomic mass is 35.5. The number of hydrogen-bond donors (Lipinski definition) is 0. The Balaban J connectivity index is 2.25. The second-order valence-corrected chi connectivity index (χ2v) is 7.45. The largest absolute Gasteiger partial charge is 0.496 e. The van der Waals surface area contributed by atoms with Gasteiger partial charge in [0.1, 0.15) is 0 Å². The molecule has 0 amide bonds. The first-order chi connectivity index (χ1) is 8.77. The zero-order chi connectivity index (χ0) is 14.3. The van der Waals surface area contributed by atoms with Crippen LogP contribution in [0.2, 0.25) is 5.02 Å². The Morgan fingerprint density at radius 2 is 1.74 bits per heavy atom. The zero-order valence-corrected chi connectivity index (χ0v) is 13.7. The number of thioether (sulfide) groups is 1. The van der Waals surface area contributed by atoms with Gasteiger partial charge in [0.05, 0.1) is 11.2 Å². The summed E-state index contributed by atoms with van der Waals surface area (Å²) in [5.74, 6) is 1.03. The molecule has 1 aromatic rings. The Kier molecular flexibility index (Phi) is 4.27. The molecule has 1 aliphatic heterocycles. The van der Waals surface area contributed by atoms with Crippen LogP contribution in [0.1, 0.15) is 34.6 Å². The molecule has 0 spiro atoms. The Morgan fingerprint density at radius 3 is 2.21 bits per heavy atom. The smallest absolute Gasteiger partial charge is 0.399 e. The van der Waals surface area contributed by atoms with Gasteiger partial charge in [-0.25, -0.2) is 0 Å². The fourth-order valence-electron chi connectivity index (χ4n) is 1.93. The van der Waals surface area contributed by atoms with Gasteiger partial charge in [0.2, 0.25) is 0 Å². The van der Waals surface area contributed by atoms with Gasteiger partial charge < -0.3 is 9.31 Å². The molecule has 19 heavy (non-hydrogen) atoms. The van der Waals surface area contributed by atoms with Gasteiger partial charge in [0.25, 0.3) is 0 Å². The molecule has 0 radical (unpaired) electrons. The highest BCUT2D eigenvalue weighted by molar-refractivity contribution is 7.99. The molecule has 5 heteroatoms. The monoisotopic (exact) mass is 298 g/mol. The molecule has 2 rings (SSSR count). The standard InChI is InChI=1S/C14H20BClO2S/c1-6-19-10-7-8-11(12(16)9-10)15-17-13(2,3)14(4,5)18-15/h7-9H,6H2,1-5H3. The van der Waals surface area contributed by atoms with Crippen molar-refractivity contribution >= 4 is 35.9 Å². The van der Waals surface area contributed by atoms with Crippen LogP contribution in [0, 0.1) is 0 Å². The summed E-state index contributed by atoms with van der Waals surface area (Å²) in [4.78, 5) is 1.17. The minimum absolute atomic E-state index is 0.335. The number of hydrogen-bond acceptors (Lipinski definition) is 3. The van der Waals surface area contributed by atoms with Gasteiger partial charge in [-0.3, -0.25) is 0 Å². The van der Waals surface area contributed by atoms with Crippen LogP contribution in [0.25, 0.3) is 0 Å². The maximum Gasteiger partial charge on any atom is 0.496 e. The van der Waals surface area contributed by atoms with Crippen molar-refractivity contribution in [3.8, 4) is 0 Å². The normalized spacial score (nSPS) is 20.8. The van der Waals surface area contributed by atoms with E-state index in [0.717, 1.165) is 11.2 Å². The molecular weight excluding hydrogens is 278 g/mol. The van der Waals surface area contributed by atoms with Gasteiger partial charge in [-0.2, -0.15) is 0 Å². The molecule has 104 valence electrons. The lowest BCUT2D eigenvalue weighted by Crippen LogP contribution is -2.41. The van der Waals surface area contributed by atoms with Crippen molar-refractivity contribution in [2.24, 2.45) is 0 Å². The molecule has 2 nitrogen and oxygen atoms in total. The average molecular weight is 299 g/mol. The van der Waals surface area contributed by atoms with E-state index in [4.69, 9.17) is 20.9 Å². The summed E-state index contributed by atoms with van der Waals surface area (Å²) in [6.07, 6.45) is 0. The van der Waals surface area contributed by atoms with E-state index in [1.165, 1.54) is 4.90 Å². The van der Waals surface area contributed by atoms with Gasteiger partial charge in [0, 0.05) is 15.4 Å². The van der Waals surface area contributed by atoms with E-state index in [1.807, 2.05) is 39.8 Å². The lowest BCUT2D eigenvalue weighted by molar-refractivity contribution is 0.00578. The molecule has 1 aliphatic rings. The highest BCUT2D eigenvalue weighted by Gasteiger charge is 2.52. The lowest BCUT2D eigenvalue weighted by atomic mass is 9.79. The molecular formula is C14H20BClO2S. The second-order valence-electron chi connectivity index (χ2n) is 5.70. The van der Waals surface area contributed by atoms with Gasteiger partial charge >= 0.3 is 7.12 Å². The topological polar surface area (TPSA) is 18.5 Å². The first-order valence-electron chi connectivity index (χ1n) is 6.55. The van der Waals surface area contributed by atoms with Crippen molar-refractivity contribution in [3.05, 3.63) is 23.2 Å². The minimum Gasteiger partial charge on any atom is -0.399 e. The lowest BCUT2D eigenvalue weighted by Gasteiger charge is -2.32. The summed E-state index contributed by atoms with van der Waals surface area (Å²) < 4.78 is 12.0. The van der Waals surface area contributed by atoms with Gasteiger partial charge in [-0.1, -0.05) is 24.6 Å². The summed E-state index contributed by atoms with van der Waals surface area (Å²) in [5, 5.41) is 0.706. The third-order valence-electron chi connectivity index (χ3n) is 3.79. The Labute approximate surface area is 125 Å². The van der Waals surface area contributed by atoms with Gasteiger partial charge in [-0.05, 0) is 45.6 Å². The molecule has 0 N–H and O–H groups in total. The Morgan fingerprint density at radius 1 is 1.16 bits per heavy atom. The molecule has 1 aromatic carbocycles. The van der Waals surface area contributed by atoms with Crippen LogP contribution in [0.3, 0.4) is 0 Å². The van der Waals surface area contributed by atoms with Crippen molar-refractivity contribution in [1.29, 1.82) is 0 Å². The van der Waals surface area contributed by atoms with Crippen LogP contribution >= 0.6 is 23.4 Å². The fourth-order valence-corrected chi connectivity index (χ4v) is 2.96. The Hall–Kier alpha value is -0.155. The number of rotatable bonds is 3. The van der Waals surface area contributed by atoms with Crippen LogP contribution < -0.4 is 5.46 Å². The maximum atomic E-state index is 6.36. The molecule has 0 unspecified atom stereocenters. The quantitative estimate of drug-likeness (QED) is 0.625. The molecule has 0 bridgehead atoms. The predicted molar refractivity (Wildman–Crippen MR) is 83.6 cm³/mol. The Bertz CT molecular complexity index is 461. The third kappa shape index (κ3) is 2.97. The van der Waals surface area contributed by atoms with Crippen LogP contribution in [0.4, 0.5) is 0 Å². The molecule has 1 fully saturated rings. The van der Waals surface area contributed by atoms with Crippen LogP contribution in [-0.2, 0) is 9.31 Å². The van der Waals surface area contributed by atoms with E-state index >= 15 is 0 Å². The van der Waals surface area contributed by atoms with Crippen molar-refractivity contribution in [2.75, 3.05) is 5.75 Å². The summed E-state index contributed by atoms with van der Waals surface area (Å²) in [6.45, 7) is 10.3. The first-order valence-corrected chi connectivity index (χ1v) is 7.91. The first kappa shape index (κ1) is 15.2. The molecule has 1 saturated heterocycles. The summed E-state index contributed by atoms with van der Waals surface area (Å²) in [7, 11) is -0.391. The molecule has 1 heterocycles. The summed E-state index contributed by atoms with van der Waals surface area (Å²) >= 11 is 8.13. The summed E-state index contributed by atoms with van der Waals surface area (Å²) in [6, 6.07) is 6.05. The fraction of sp³-hybridized carbons (Fsp3) is 0.571. The van der Waals surface area contributed by atoms with E-state index in [9.17, 15) is 0 Å². The SMILES string of the molecule is CCSc1ccc(B2OC(C)(C)C(C)(C)O2)c(Cl)c1. The maximum absolute atomic E-state index is 6.36. The molecule has 0 atom stereocenters. The van der Waals surface area contributed by atoms with Crippen LogP contribution in [0.5, 0.6) is 0 Å². The van der Waals surface area contributed by atoms with Crippen molar-refractivity contribution in [3.63, 3.8) is 0 Å². The van der Waals surface area contributed by atoms with Crippen LogP contribution in [-0.4, -0.2) is 24.1 Å². The summed E-state index contributed by atoms with van der Waals surface area (Å²) in [5.41, 5.74) is 0.233. The molecule has 0 aromatic heterocycles. The number of benzene rings is 1. The second kappa shape index (κ2) is 5.32. The van der Waals surface area contributed by atoms with Crippen molar-refractivity contribution < 1.29 is 9.31 Å². The van der Waals surface area contributed by atoms with E-state index in [0.29, 0.717) is 5.02 Å². The average Bonchev–Trinajstić information content (AvgIpc) is 2.48. The van der Waals surface area contributed by atoms with Crippen molar-refractivity contribution in [2.45, 2.75) is 50.7 Å². The van der Waals surface area contributed by atoms with E-state index in [2.05, 4.69) is 13.0 Å². The molecule has 0 saturated carbocycles. The molecule has 0 aliphatic carbocycles. The van der Waals surface area contributed by atoms with Gasteiger partial charge in [-0.15, -0.1) is 11.8 Å². The zero-order valence-electron chi connectivity index (χ0n) is 12.1. The highest BCUT2D eigenvalue weighted by Crippen LogP contribution is 2.37. The number of halogens is 1. The van der Waals surface area contributed by atoms with Crippen LogP contribution in [0.15, 0.2) is 23.1 Å². The van der Waals surface area contributed by atoms with E-state index in [-0.39, 0.29) is 11.2 Å². The van der Waals surface area contributed by atoms with E-state index in [1.54, 1.807) is 11.8 Å². The predicted octanol–water partition coefficient (Wildman–Crippen LogP) is 3.75. The van der Waals surface area contributed by atoms with E-state index < -0.39 is 7.12 Å².